The van der Waals surface area contributed by atoms with Crippen molar-refractivity contribution in [2.45, 2.75) is 26.7 Å². The summed E-state index contributed by atoms with van der Waals surface area (Å²) in [7, 11) is 0. The summed E-state index contributed by atoms with van der Waals surface area (Å²) in [5, 5.41) is 0.498. The summed E-state index contributed by atoms with van der Waals surface area (Å²) in [6.45, 7) is 3.66. The van der Waals surface area contributed by atoms with E-state index in [9.17, 15) is 13.6 Å². The molecule has 0 fully saturated rings. The second-order valence-corrected chi connectivity index (χ2v) is 5.32. The van der Waals surface area contributed by atoms with E-state index in [1.54, 1.807) is 0 Å². The summed E-state index contributed by atoms with van der Waals surface area (Å²) in [5.41, 5.74) is 2.97. The Hall–Kier alpha value is -0.970. The molecule has 1 aromatic carbocycles. The van der Waals surface area contributed by atoms with E-state index in [1.165, 1.54) is 4.90 Å². The molecule has 0 heterocycles. The highest BCUT2D eigenvalue weighted by atomic mass is 79.9. The third-order valence-corrected chi connectivity index (χ3v) is 3.27. The first-order valence-electron chi connectivity index (χ1n) is 6.12. The Morgan fingerprint density at radius 3 is 2.63 bits per heavy atom. The Labute approximate surface area is 120 Å². The summed E-state index contributed by atoms with van der Waals surface area (Å²) < 4.78 is 24.9. The summed E-state index contributed by atoms with van der Waals surface area (Å²) in [4.78, 5) is 13.3. The zero-order valence-corrected chi connectivity index (χ0v) is 12.7. The molecule has 2 nitrogen and oxygen atoms in total. The van der Waals surface area contributed by atoms with Crippen molar-refractivity contribution >= 4 is 21.8 Å². The van der Waals surface area contributed by atoms with Crippen LogP contribution in [0.25, 0.3) is 0 Å². The Bertz CT molecular complexity index is 437. The number of carbonyl (C=O) groups is 1. The Morgan fingerprint density at radius 2 is 2.05 bits per heavy atom. The fraction of sp³-hybridized carbons (Fsp3) is 0.500. The summed E-state index contributed by atoms with van der Waals surface area (Å²) in [6, 6.07) is 5.85. The van der Waals surface area contributed by atoms with Gasteiger partial charge in [0, 0.05) is 11.9 Å². The largest absolute Gasteiger partial charge is 0.336 e. The first-order valence-corrected chi connectivity index (χ1v) is 7.24. The van der Waals surface area contributed by atoms with E-state index in [-0.39, 0.29) is 12.3 Å². The normalized spacial score (nSPS) is 10.8. The number of rotatable bonds is 6. The Kier molecular flexibility index (Phi) is 6.42. The van der Waals surface area contributed by atoms with Crippen LogP contribution in [0.15, 0.2) is 18.2 Å². The maximum Gasteiger partial charge on any atom is 0.255 e. The van der Waals surface area contributed by atoms with Gasteiger partial charge >= 0.3 is 0 Å². The van der Waals surface area contributed by atoms with Crippen molar-refractivity contribution in [2.24, 2.45) is 0 Å². The van der Waals surface area contributed by atoms with Crippen LogP contribution in [0.5, 0.6) is 0 Å². The molecular formula is C14H18BrF2NO. The van der Waals surface area contributed by atoms with Crippen molar-refractivity contribution in [3.63, 3.8) is 0 Å². The highest BCUT2D eigenvalue weighted by molar-refractivity contribution is 9.09. The van der Waals surface area contributed by atoms with Gasteiger partial charge in [-0.15, -0.1) is 0 Å². The number of benzene rings is 1. The number of halogens is 3. The molecule has 0 atom stereocenters. The number of hydrogen-bond donors (Lipinski definition) is 0. The molecule has 0 radical (unpaired) electrons. The van der Waals surface area contributed by atoms with Crippen LogP contribution in [0.3, 0.4) is 0 Å². The fourth-order valence-electron chi connectivity index (χ4n) is 1.85. The number of amides is 1. The average molecular weight is 334 g/mol. The monoisotopic (exact) mass is 333 g/mol. The minimum atomic E-state index is -2.50. The number of hydrogen-bond acceptors (Lipinski definition) is 1. The number of alkyl halides is 3. The van der Waals surface area contributed by atoms with Crippen LogP contribution in [0, 0.1) is 13.8 Å². The van der Waals surface area contributed by atoms with E-state index in [0.717, 1.165) is 16.7 Å². The molecule has 0 aliphatic heterocycles. The predicted molar refractivity (Wildman–Crippen MR) is 76.0 cm³/mol. The van der Waals surface area contributed by atoms with Crippen LogP contribution in [0.1, 0.15) is 16.7 Å². The SMILES string of the molecule is Cc1ccc(C)c(CC(=O)N(CCBr)CC(F)F)c1. The zero-order chi connectivity index (χ0) is 14.4. The van der Waals surface area contributed by atoms with Gasteiger partial charge in [0.15, 0.2) is 0 Å². The predicted octanol–water partition coefficient (Wildman–Crippen LogP) is 3.33. The molecule has 19 heavy (non-hydrogen) atoms. The van der Waals surface area contributed by atoms with Gasteiger partial charge < -0.3 is 4.90 Å². The topological polar surface area (TPSA) is 20.3 Å². The van der Waals surface area contributed by atoms with Crippen molar-refractivity contribution in [3.05, 3.63) is 34.9 Å². The minimum absolute atomic E-state index is 0.174. The Balaban J connectivity index is 2.77. The van der Waals surface area contributed by atoms with Crippen LogP contribution in [-0.4, -0.2) is 35.7 Å². The van der Waals surface area contributed by atoms with E-state index in [1.807, 2.05) is 32.0 Å². The molecule has 1 rings (SSSR count). The van der Waals surface area contributed by atoms with Crippen LogP contribution < -0.4 is 0 Å². The van der Waals surface area contributed by atoms with E-state index < -0.39 is 13.0 Å². The molecule has 0 saturated carbocycles. The van der Waals surface area contributed by atoms with E-state index in [0.29, 0.717) is 11.9 Å². The lowest BCUT2D eigenvalue weighted by Gasteiger charge is -2.21. The lowest BCUT2D eigenvalue weighted by molar-refractivity contribution is -0.132. The summed E-state index contributed by atoms with van der Waals surface area (Å²) >= 11 is 3.18. The summed E-state index contributed by atoms with van der Waals surface area (Å²) in [6.07, 6.45) is -2.32. The van der Waals surface area contributed by atoms with Crippen molar-refractivity contribution < 1.29 is 13.6 Å². The molecule has 0 N–H and O–H groups in total. The average Bonchev–Trinajstić information content (AvgIpc) is 2.32. The molecule has 0 bridgehead atoms. The first-order chi connectivity index (χ1) is 8.93. The van der Waals surface area contributed by atoms with Gasteiger partial charge in [-0.1, -0.05) is 39.7 Å². The number of aryl methyl sites for hydroxylation is 2. The van der Waals surface area contributed by atoms with Crippen LogP contribution >= 0.6 is 15.9 Å². The fourth-order valence-corrected chi connectivity index (χ4v) is 2.28. The molecule has 1 aromatic rings. The second-order valence-electron chi connectivity index (χ2n) is 4.53. The second kappa shape index (κ2) is 7.58. The molecule has 1 amide bonds. The molecule has 0 spiro atoms. The van der Waals surface area contributed by atoms with Gasteiger partial charge in [0.25, 0.3) is 6.43 Å². The molecule has 5 heteroatoms. The standard InChI is InChI=1S/C14H18BrF2NO/c1-10-3-4-11(2)12(7-10)8-14(19)18(6-5-15)9-13(16)17/h3-4,7,13H,5-6,8-9H2,1-2H3. The molecule has 0 unspecified atom stereocenters. The van der Waals surface area contributed by atoms with Gasteiger partial charge in [0.2, 0.25) is 5.91 Å². The third kappa shape index (κ3) is 5.27. The molecule has 0 aliphatic carbocycles. The molecule has 0 aliphatic rings. The van der Waals surface area contributed by atoms with Gasteiger partial charge in [-0.05, 0) is 25.0 Å². The lowest BCUT2D eigenvalue weighted by atomic mass is 10.0. The van der Waals surface area contributed by atoms with Crippen molar-refractivity contribution in [1.29, 1.82) is 0 Å². The van der Waals surface area contributed by atoms with Crippen molar-refractivity contribution in [3.8, 4) is 0 Å². The maximum atomic E-state index is 12.4. The maximum absolute atomic E-state index is 12.4. The van der Waals surface area contributed by atoms with Gasteiger partial charge in [-0.3, -0.25) is 4.79 Å². The Morgan fingerprint density at radius 1 is 1.37 bits per heavy atom. The van der Waals surface area contributed by atoms with E-state index in [2.05, 4.69) is 15.9 Å². The summed E-state index contributed by atoms with van der Waals surface area (Å²) in [5.74, 6) is -0.256. The van der Waals surface area contributed by atoms with Gasteiger partial charge in [0.1, 0.15) is 0 Å². The molecule has 0 saturated heterocycles. The highest BCUT2D eigenvalue weighted by Gasteiger charge is 2.18. The van der Waals surface area contributed by atoms with Gasteiger partial charge in [0.05, 0.1) is 13.0 Å². The lowest BCUT2D eigenvalue weighted by Crippen LogP contribution is -2.37. The van der Waals surface area contributed by atoms with Crippen molar-refractivity contribution in [2.75, 3.05) is 18.4 Å². The van der Waals surface area contributed by atoms with Gasteiger partial charge in [-0.2, -0.15) is 0 Å². The molecule has 106 valence electrons. The number of nitrogens with zero attached hydrogens (tertiary/aromatic N) is 1. The van der Waals surface area contributed by atoms with E-state index >= 15 is 0 Å². The van der Waals surface area contributed by atoms with Crippen LogP contribution in [0.2, 0.25) is 0 Å². The molecular weight excluding hydrogens is 316 g/mol. The third-order valence-electron chi connectivity index (χ3n) is 2.91. The first kappa shape index (κ1) is 16.1. The van der Waals surface area contributed by atoms with Crippen LogP contribution in [-0.2, 0) is 11.2 Å². The zero-order valence-electron chi connectivity index (χ0n) is 11.1. The number of carbonyl (C=O) groups excluding carboxylic acids is 1. The van der Waals surface area contributed by atoms with Gasteiger partial charge in [-0.25, -0.2) is 8.78 Å². The minimum Gasteiger partial charge on any atom is -0.336 e. The van der Waals surface area contributed by atoms with E-state index in [4.69, 9.17) is 0 Å². The van der Waals surface area contributed by atoms with Crippen molar-refractivity contribution in [1.82, 2.24) is 4.90 Å². The quantitative estimate of drug-likeness (QED) is 0.731. The van der Waals surface area contributed by atoms with Crippen LogP contribution in [0.4, 0.5) is 8.78 Å². The highest BCUT2D eigenvalue weighted by Crippen LogP contribution is 2.13. The molecule has 0 aromatic heterocycles. The smallest absolute Gasteiger partial charge is 0.255 e.